The maximum Gasteiger partial charge on any atom is 0.359 e. The van der Waals surface area contributed by atoms with Gasteiger partial charge in [0, 0.05) is 0 Å². The lowest BCUT2D eigenvalue weighted by molar-refractivity contribution is 0.0586. The Morgan fingerprint density at radius 3 is 2.67 bits per heavy atom. The molecule has 0 aliphatic carbocycles. The lowest BCUT2D eigenvalue weighted by Crippen LogP contribution is -2.10. The number of ether oxygens (including phenoxy) is 1. The number of halogens is 4. The molecule has 0 aromatic carbocycles. The summed E-state index contributed by atoms with van der Waals surface area (Å²) in [7, 11) is 1.01. The molecule has 0 bridgehead atoms. The topological polar surface area (TPSA) is 39.2 Å². The molecule has 1 rings (SSSR count). The molecule has 0 fully saturated rings. The van der Waals surface area contributed by atoms with E-state index in [4.69, 9.17) is 0 Å². The van der Waals surface area contributed by atoms with Gasteiger partial charge in [0.25, 0.3) is 6.43 Å². The summed E-state index contributed by atoms with van der Waals surface area (Å²) >= 11 is 2.71. The molecule has 0 unspecified atom stereocenters. The average molecular weight is 284 g/mol. The van der Waals surface area contributed by atoms with Crippen LogP contribution in [0.15, 0.2) is 10.5 Å². The Balaban J connectivity index is 3.31. The molecule has 0 aliphatic rings. The Morgan fingerprint density at radius 2 is 2.20 bits per heavy atom. The van der Waals surface area contributed by atoms with Crippen LogP contribution in [0.1, 0.15) is 22.6 Å². The van der Waals surface area contributed by atoms with Crippen molar-refractivity contribution >= 4 is 21.9 Å². The Bertz CT molecular complexity index is 398. The smallest absolute Gasteiger partial charge is 0.359 e. The molecule has 1 aromatic rings. The van der Waals surface area contributed by atoms with Crippen LogP contribution in [0.3, 0.4) is 0 Å². The number of hydrogen-bond donors (Lipinski definition) is 0. The van der Waals surface area contributed by atoms with E-state index in [2.05, 4.69) is 25.7 Å². The van der Waals surface area contributed by atoms with Crippen molar-refractivity contribution in [3.63, 3.8) is 0 Å². The van der Waals surface area contributed by atoms with E-state index in [1.807, 2.05) is 0 Å². The zero-order valence-corrected chi connectivity index (χ0v) is 9.02. The van der Waals surface area contributed by atoms with E-state index in [0.29, 0.717) is 0 Å². The molecule has 0 aliphatic heterocycles. The maximum atomic E-state index is 13.2. The number of rotatable bonds is 2. The van der Waals surface area contributed by atoms with Gasteiger partial charge in [-0.3, -0.25) is 0 Å². The molecule has 15 heavy (non-hydrogen) atoms. The minimum absolute atomic E-state index is 0.256. The van der Waals surface area contributed by atoms with Gasteiger partial charge in [0.15, 0.2) is 11.5 Å². The molecule has 82 valence electrons. The number of alkyl halides is 2. The van der Waals surface area contributed by atoms with Gasteiger partial charge in [0.2, 0.25) is 0 Å². The van der Waals surface area contributed by atoms with E-state index in [0.717, 1.165) is 13.2 Å². The summed E-state index contributed by atoms with van der Waals surface area (Å²) in [4.78, 5) is 14.1. The number of aromatic nitrogens is 1. The first-order valence-electron chi connectivity index (χ1n) is 3.69. The van der Waals surface area contributed by atoms with Crippen LogP contribution in [0.4, 0.5) is 13.2 Å². The van der Waals surface area contributed by atoms with Gasteiger partial charge in [-0.1, -0.05) is 0 Å². The Morgan fingerprint density at radius 1 is 1.60 bits per heavy atom. The van der Waals surface area contributed by atoms with E-state index < -0.39 is 29.6 Å². The summed E-state index contributed by atoms with van der Waals surface area (Å²) in [6.45, 7) is 0. The van der Waals surface area contributed by atoms with Crippen molar-refractivity contribution in [3.05, 3.63) is 27.7 Å². The summed E-state index contributed by atoms with van der Waals surface area (Å²) in [5, 5.41) is 0. The third-order valence-corrected chi connectivity index (χ3v) is 2.11. The van der Waals surface area contributed by atoms with E-state index in [1.165, 1.54) is 0 Å². The number of methoxy groups -OCH3 is 1. The Labute approximate surface area is 91.4 Å². The van der Waals surface area contributed by atoms with Crippen LogP contribution in [0.25, 0.3) is 0 Å². The molecule has 0 atom stereocenters. The molecular weight excluding hydrogens is 279 g/mol. The molecule has 1 aromatic heterocycles. The highest BCUT2D eigenvalue weighted by Crippen LogP contribution is 2.24. The number of carbonyl (C=O) groups excluding carboxylic acids is 1. The zero-order valence-electron chi connectivity index (χ0n) is 7.43. The lowest BCUT2D eigenvalue weighted by atomic mass is 10.3. The molecule has 3 nitrogen and oxygen atoms in total. The highest BCUT2D eigenvalue weighted by Gasteiger charge is 2.21. The van der Waals surface area contributed by atoms with Crippen molar-refractivity contribution in [3.8, 4) is 0 Å². The van der Waals surface area contributed by atoms with Crippen molar-refractivity contribution in [2.75, 3.05) is 7.11 Å². The third-order valence-electron chi connectivity index (χ3n) is 1.54. The minimum Gasteiger partial charge on any atom is -0.464 e. The fourth-order valence-electron chi connectivity index (χ4n) is 0.860. The highest BCUT2D eigenvalue weighted by molar-refractivity contribution is 9.10. The Kier molecular flexibility index (Phi) is 3.67. The van der Waals surface area contributed by atoms with Crippen molar-refractivity contribution in [1.29, 1.82) is 0 Å². The minimum atomic E-state index is -2.88. The Hall–Kier alpha value is -1.11. The van der Waals surface area contributed by atoms with Gasteiger partial charge in [0.05, 0.1) is 11.6 Å². The van der Waals surface area contributed by atoms with E-state index in [9.17, 15) is 18.0 Å². The van der Waals surface area contributed by atoms with Crippen LogP contribution < -0.4 is 0 Å². The monoisotopic (exact) mass is 283 g/mol. The second-order valence-corrected chi connectivity index (χ2v) is 3.34. The van der Waals surface area contributed by atoms with Gasteiger partial charge in [-0.2, -0.15) is 0 Å². The van der Waals surface area contributed by atoms with Crippen LogP contribution in [0, 0.1) is 5.82 Å². The summed E-state index contributed by atoms with van der Waals surface area (Å²) < 4.78 is 41.7. The zero-order chi connectivity index (χ0) is 11.6. The predicted molar refractivity (Wildman–Crippen MR) is 48.2 cm³/mol. The molecule has 0 spiro atoms. The maximum absolute atomic E-state index is 13.2. The number of esters is 1. The second kappa shape index (κ2) is 4.61. The van der Waals surface area contributed by atoms with Crippen molar-refractivity contribution in [1.82, 2.24) is 4.98 Å². The normalized spacial score (nSPS) is 10.5. The number of carbonyl (C=O) groups is 1. The quantitative estimate of drug-likeness (QED) is 0.784. The van der Waals surface area contributed by atoms with Crippen LogP contribution in [-0.4, -0.2) is 18.1 Å². The molecule has 0 amide bonds. The van der Waals surface area contributed by atoms with Crippen LogP contribution >= 0.6 is 15.9 Å². The van der Waals surface area contributed by atoms with Crippen molar-refractivity contribution in [2.24, 2.45) is 0 Å². The van der Waals surface area contributed by atoms with Gasteiger partial charge >= 0.3 is 5.97 Å². The fourth-order valence-corrected chi connectivity index (χ4v) is 1.28. The van der Waals surface area contributed by atoms with Gasteiger partial charge in [0.1, 0.15) is 5.69 Å². The molecule has 0 saturated heterocycles. The molecule has 0 N–H and O–H groups in total. The largest absolute Gasteiger partial charge is 0.464 e. The van der Waals surface area contributed by atoms with E-state index in [1.54, 1.807) is 0 Å². The average Bonchev–Trinajstić information content (AvgIpc) is 2.20. The lowest BCUT2D eigenvalue weighted by Gasteiger charge is -2.05. The first-order valence-corrected chi connectivity index (χ1v) is 4.49. The van der Waals surface area contributed by atoms with Gasteiger partial charge in [-0.15, -0.1) is 0 Å². The van der Waals surface area contributed by atoms with Crippen LogP contribution in [0.2, 0.25) is 0 Å². The number of pyridine rings is 1. The molecule has 1 heterocycles. The summed E-state index contributed by atoms with van der Waals surface area (Å²) in [6.07, 6.45) is -2.88. The molecule has 0 saturated carbocycles. The van der Waals surface area contributed by atoms with Crippen LogP contribution in [0.5, 0.6) is 0 Å². The van der Waals surface area contributed by atoms with Crippen molar-refractivity contribution < 1.29 is 22.7 Å². The summed E-state index contributed by atoms with van der Waals surface area (Å²) in [5.41, 5.74) is -1.45. The number of hydrogen-bond acceptors (Lipinski definition) is 3. The third kappa shape index (κ3) is 2.47. The molecular formula is C8H5BrF3NO2. The second-order valence-electron chi connectivity index (χ2n) is 2.48. The summed E-state index contributed by atoms with van der Waals surface area (Å²) in [6, 6.07) is 0.812. The van der Waals surface area contributed by atoms with E-state index >= 15 is 0 Å². The van der Waals surface area contributed by atoms with Crippen LogP contribution in [-0.2, 0) is 4.74 Å². The SMILES string of the molecule is COC(=O)c1nc(C(F)F)cc(Br)c1F. The number of nitrogens with zero attached hydrogens (tertiary/aromatic N) is 1. The first kappa shape index (κ1) is 12.0. The van der Waals surface area contributed by atoms with E-state index in [-0.39, 0.29) is 4.47 Å². The van der Waals surface area contributed by atoms with Gasteiger partial charge in [-0.25, -0.2) is 22.9 Å². The standard InChI is InChI=1S/C8H5BrF3NO2/c1-15-8(14)6-5(10)3(9)2-4(13-6)7(11)12/h2,7H,1H3. The van der Waals surface area contributed by atoms with Crippen molar-refractivity contribution in [2.45, 2.75) is 6.43 Å². The highest BCUT2D eigenvalue weighted by atomic mass is 79.9. The fraction of sp³-hybridized carbons (Fsp3) is 0.250. The van der Waals surface area contributed by atoms with Gasteiger partial charge in [-0.05, 0) is 22.0 Å². The first-order chi connectivity index (χ1) is 6.97. The van der Waals surface area contributed by atoms with Gasteiger partial charge < -0.3 is 4.74 Å². The molecule has 7 heteroatoms. The summed E-state index contributed by atoms with van der Waals surface area (Å²) in [5.74, 6) is -2.12. The molecule has 0 radical (unpaired) electrons. The predicted octanol–water partition coefficient (Wildman–Crippen LogP) is 2.71.